The summed E-state index contributed by atoms with van der Waals surface area (Å²) in [6.45, 7) is 11.0. The minimum absolute atomic E-state index is 0. The molecule has 0 saturated heterocycles. The minimum atomic E-state index is -3.72. The fraction of sp³-hybridized carbons (Fsp3) is 0.667. The Morgan fingerprint density at radius 3 is 1.25 bits per heavy atom. The van der Waals surface area contributed by atoms with Crippen LogP contribution in [0.15, 0.2) is 0 Å². The van der Waals surface area contributed by atoms with E-state index in [0.29, 0.717) is 0 Å². The van der Waals surface area contributed by atoms with Crippen LogP contribution < -0.4 is 9.79 Å². The van der Waals surface area contributed by atoms with Crippen molar-refractivity contribution in [2.75, 3.05) is 0 Å². The summed E-state index contributed by atoms with van der Waals surface area (Å²) in [5.74, 6) is 0. The molecular formula is C6H14MoO2PS2-2. The van der Waals surface area contributed by atoms with Gasteiger partial charge in [0.15, 0.2) is 0 Å². The molecule has 0 unspecified atom stereocenters. The molecule has 0 aromatic carbocycles. The molecule has 0 aliphatic heterocycles. The van der Waals surface area contributed by atoms with Gasteiger partial charge in [0.05, 0.1) is 0 Å². The molecule has 1 radical (unpaired) electrons. The van der Waals surface area contributed by atoms with Crippen LogP contribution in [0.1, 0.15) is 26.7 Å². The summed E-state index contributed by atoms with van der Waals surface area (Å²) in [5, 5.41) is 0. The molecule has 0 aliphatic rings. The van der Waals surface area contributed by atoms with Crippen LogP contribution in [0.3, 0.4) is 0 Å². The Labute approximate surface area is 101 Å². The first-order chi connectivity index (χ1) is 4.83. The molecule has 0 aromatic heterocycles. The second kappa shape index (κ2) is 18.4. The van der Waals surface area contributed by atoms with E-state index in [4.69, 9.17) is 0 Å². The third-order valence-electron chi connectivity index (χ3n) is 0. The van der Waals surface area contributed by atoms with Crippen LogP contribution in [-0.4, -0.2) is 0 Å². The Morgan fingerprint density at radius 2 is 1.25 bits per heavy atom. The van der Waals surface area contributed by atoms with Crippen molar-refractivity contribution >= 4 is 29.7 Å². The molecule has 0 atom stereocenters. The predicted molar refractivity (Wildman–Crippen MR) is 52.9 cm³/mol. The van der Waals surface area contributed by atoms with Gasteiger partial charge in [-0.2, -0.15) is 24.6 Å². The van der Waals surface area contributed by atoms with E-state index in [1.165, 1.54) is 0 Å². The normalized spacial score (nSPS) is 7.92. The van der Waals surface area contributed by atoms with Gasteiger partial charge in [-0.1, -0.05) is 13.8 Å². The van der Waals surface area contributed by atoms with Crippen LogP contribution in [0.2, 0.25) is 0 Å². The SMILES string of the molecule is [CH2-]CC.[CH2-]CC.[Mo+3].[O-]P([O-])(=S)[S-]. The van der Waals surface area contributed by atoms with E-state index in [1.54, 1.807) is 0 Å². The smallest absolute Gasteiger partial charge is 0.850 e. The van der Waals surface area contributed by atoms with Gasteiger partial charge in [-0.25, -0.2) is 0 Å². The Bertz CT molecular complexity index is 87.3. The van der Waals surface area contributed by atoms with Gasteiger partial charge in [0.2, 0.25) is 0 Å². The molecule has 0 spiro atoms. The first kappa shape index (κ1) is 23.4. The molecule has 0 saturated carbocycles. The van der Waals surface area contributed by atoms with Crippen LogP contribution in [-0.2, 0) is 45.1 Å². The van der Waals surface area contributed by atoms with Crippen molar-refractivity contribution < 1.29 is 30.9 Å². The average molecular weight is 309 g/mol. The molecule has 2 nitrogen and oxygen atoms in total. The zero-order chi connectivity index (χ0) is 9.91. The van der Waals surface area contributed by atoms with Gasteiger partial charge in [0.1, 0.15) is 0 Å². The summed E-state index contributed by atoms with van der Waals surface area (Å²) in [5.41, 5.74) is -3.72. The van der Waals surface area contributed by atoms with E-state index in [1.807, 2.05) is 13.8 Å². The molecule has 75 valence electrons. The molecule has 0 N–H and O–H groups in total. The average Bonchev–Trinajstić information content (AvgIpc) is 1.62. The molecule has 0 amide bonds. The molecular weight excluding hydrogens is 295 g/mol. The predicted octanol–water partition coefficient (Wildman–Crippen LogP) is 0.937. The van der Waals surface area contributed by atoms with Crippen molar-refractivity contribution in [3.05, 3.63) is 13.8 Å². The van der Waals surface area contributed by atoms with E-state index in [9.17, 15) is 9.79 Å². The standard InChI is InChI=1S/2C3H7.Mo.H3O2PS2/c2*1-3-2;;1-3(2,4)5/h2*1,3H2,2H3;;(H3,1,2,4,5)/q2*-1;+3;/p-3. The molecule has 12 heavy (non-hydrogen) atoms. The molecule has 0 heterocycles. The van der Waals surface area contributed by atoms with Crippen molar-refractivity contribution in [2.24, 2.45) is 0 Å². The van der Waals surface area contributed by atoms with E-state index in [2.05, 4.69) is 37.9 Å². The quantitative estimate of drug-likeness (QED) is 0.289. The summed E-state index contributed by atoms with van der Waals surface area (Å²) in [6.07, 6.45) is 2.00. The monoisotopic (exact) mass is 311 g/mol. The van der Waals surface area contributed by atoms with Crippen LogP contribution in [0.5, 0.6) is 0 Å². The summed E-state index contributed by atoms with van der Waals surface area (Å²) in [7, 11) is 0. The van der Waals surface area contributed by atoms with Crippen LogP contribution >= 0.6 is 5.69 Å². The largest absolute Gasteiger partial charge is 3.00 e. The summed E-state index contributed by atoms with van der Waals surface area (Å²) in [6, 6.07) is 0. The third-order valence-corrected chi connectivity index (χ3v) is 0. The molecule has 6 heteroatoms. The van der Waals surface area contributed by atoms with E-state index in [-0.39, 0.29) is 21.1 Å². The number of hydrogen-bond donors (Lipinski definition) is 0. The minimum Gasteiger partial charge on any atom is -0.850 e. The van der Waals surface area contributed by atoms with Gasteiger partial charge in [-0.05, 0) is 0 Å². The zero-order valence-corrected chi connectivity index (χ0v) is 11.9. The molecule has 0 aromatic rings. The van der Waals surface area contributed by atoms with Crippen LogP contribution in [0.25, 0.3) is 0 Å². The molecule has 0 bridgehead atoms. The molecule has 0 aliphatic carbocycles. The van der Waals surface area contributed by atoms with Gasteiger partial charge < -0.3 is 41.6 Å². The molecule has 0 fully saturated rings. The Morgan fingerprint density at radius 1 is 1.25 bits per heavy atom. The summed E-state index contributed by atoms with van der Waals surface area (Å²) in [4.78, 5) is 18.6. The van der Waals surface area contributed by atoms with E-state index < -0.39 is 5.69 Å². The summed E-state index contributed by atoms with van der Waals surface area (Å²) >= 11 is 7.28. The van der Waals surface area contributed by atoms with Crippen molar-refractivity contribution in [1.29, 1.82) is 0 Å². The van der Waals surface area contributed by atoms with Crippen molar-refractivity contribution in [2.45, 2.75) is 26.7 Å². The second-order valence-electron chi connectivity index (χ2n) is 1.45. The first-order valence-electron chi connectivity index (χ1n) is 3.14. The second-order valence-corrected chi connectivity index (χ2v) is 5.92. The number of rotatable bonds is 0. The fourth-order valence-electron chi connectivity index (χ4n) is 0. The Hall–Kier alpha value is 1.61. The number of hydrogen-bond acceptors (Lipinski definition) is 4. The van der Waals surface area contributed by atoms with Gasteiger partial charge in [-0.3, -0.25) is 0 Å². The maximum absolute atomic E-state index is 9.29. The Kier molecular flexibility index (Phi) is 35.9. The van der Waals surface area contributed by atoms with Gasteiger partial charge in [-0.15, -0.1) is 0 Å². The fourth-order valence-corrected chi connectivity index (χ4v) is 0. The van der Waals surface area contributed by atoms with Crippen molar-refractivity contribution in [3.8, 4) is 0 Å². The van der Waals surface area contributed by atoms with Gasteiger partial charge in [0.25, 0.3) is 0 Å². The van der Waals surface area contributed by atoms with Gasteiger partial charge >= 0.3 is 21.1 Å². The molecule has 0 rings (SSSR count). The zero-order valence-electron chi connectivity index (χ0n) is 7.32. The van der Waals surface area contributed by atoms with E-state index in [0.717, 1.165) is 12.8 Å². The topological polar surface area (TPSA) is 46.1 Å². The maximum Gasteiger partial charge on any atom is 3.00 e. The Balaban J connectivity index is -0.0000000406. The van der Waals surface area contributed by atoms with Gasteiger partial charge in [0, 0.05) is 0 Å². The maximum atomic E-state index is 9.29. The van der Waals surface area contributed by atoms with Crippen LogP contribution in [0, 0.1) is 13.8 Å². The van der Waals surface area contributed by atoms with Crippen molar-refractivity contribution in [3.63, 3.8) is 0 Å². The van der Waals surface area contributed by atoms with Crippen molar-refractivity contribution in [1.82, 2.24) is 0 Å². The third kappa shape index (κ3) is 505. The van der Waals surface area contributed by atoms with E-state index >= 15 is 0 Å². The summed E-state index contributed by atoms with van der Waals surface area (Å²) < 4.78 is 0. The van der Waals surface area contributed by atoms with Crippen LogP contribution in [0.4, 0.5) is 0 Å². The first-order valence-corrected chi connectivity index (χ1v) is 6.80.